The van der Waals surface area contributed by atoms with E-state index in [0.717, 1.165) is 18.4 Å². The minimum Gasteiger partial charge on any atom is -0.378 e. The van der Waals surface area contributed by atoms with Gasteiger partial charge in [0.05, 0.1) is 13.2 Å². The Kier molecular flexibility index (Phi) is 7.73. The molecule has 6 nitrogen and oxygen atoms in total. The van der Waals surface area contributed by atoms with Gasteiger partial charge >= 0.3 is 6.03 Å². The van der Waals surface area contributed by atoms with Gasteiger partial charge in [-0.15, -0.1) is 0 Å². The van der Waals surface area contributed by atoms with Crippen molar-refractivity contribution in [3.8, 4) is 0 Å². The summed E-state index contributed by atoms with van der Waals surface area (Å²) >= 11 is 0. The molecule has 1 aromatic rings. The van der Waals surface area contributed by atoms with Gasteiger partial charge in [-0.1, -0.05) is 32.3 Å². The maximum absolute atomic E-state index is 12.7. The average molecular weight is 347 g/mol. The van der Waals surface area contributed by atoms with Crippen molar-refractivity contribution in [1.29, 1.82) is 0 Å². The number of carbonyl (C=O) groups is 2. The van der Waals surface area contributed by atoms with Crippen LogP contribution in [0.15, 0.2) is 18.2 Å². The van der Waals surface area contributed by atoms with E-state index in [2.05, 4.69) is 17.6 Å². The van der Waals surface area contributed by atoms with Crippen molar-refractivity contribution in [2.24, 2.45) is 0 Å². The maximum atomic E-state index is 12.7. The van der Waals surface area contributed by atoms with Crippen molar-refractivity contribution in [1.82, 2.24) is 10.2 Å². The third-order valence-electron chi connectivity index (χ3n) is 4.43. The Hall–Kier alpha value is -2.08. The number of ether oxygens (including phenoxy) is 1. The van der Waals surface area contributed by atoms with Gasteiger partial charge in [0.25, 0.3) is 5.91 Å². The zero-order chi connectivity index (χ0) is 18.1. The molecule has 1 aliphatic rings. The first-order valence-corrected chi connectivity index (χ1v) is 9.15. The molecule has 0 bridgehead atoms. The first-order valence-electron chi connectivity index (χ1n) is 9.15. The molecule has 0 saturated carbocycles. The maximum Gasteiger partial charge on any atom is 0.319 e. The second-order valence-corrected chi connectivity index (χ2v) is 6.32. The second-order valence-electron chi connectivity index (χ2n) is 6.32. The second kappa shape index (κ2) is 10.0. The number of carbonyl (C=O) groups excluding carboxylic acids is 2. The zero-order valence-electron chi connectivity index (χ0n) is 15.3. The van der Waals surface area contributed by atoms with Gasteiger partial charge in [-0.2, -0.15) is 0 Å². The summed E-state index contributed by atoms with van der Waals surface area (Å²) in [4.78, 5) is 26.5. The molecule has 1 fully saturated rings. The van der Waals surface area contributed by atoms with E-state index in [9.17, 15) is 9.59 Å². The molecule has 0 aromatic heterocycles. The van der Waals surface area contributed by atoms with E-state index in [1.807, 2.05) is 13.0 Å². The Bertz CT molecular complexity index is 583. The van der Waals surface area contributed by atoms with Crippen LogP contribution in [0, 0.1) is 6.92 Å². The fourth-order valence-corrected chi connectivity index (χ4v) is 2.86. The molecule has 138 valence electrons. The first-order chi connectivity index (χ1) is 12.1. The van der Waals surface area contributed by atoms with Crippen LogP contribution in [0.2, 0.25) is 0 Å². The van der Waals surface area contributed by atoms with Gasteiger partial charge in [-0.05, 0) is 31.0 Å². The van der Waals surface area contributed by atoms with Crippen LogP contribution in [-0.4, -0.2) is 49.7 Å². The fraction of sp³-hybridized carbons (Fsp3) is 0.579. The molecule has 25 heavy (non-hydrogen) atoms. The number of morpholine rings is 1. The fourth-order valence-electron chi connectivity index (χ4n) is 2.86. The van der Waals surface area contributed by atoms with E-state index < -0.39 is 0 Å². The van der Waals surface area contributed by atoms with Crippen LogP contribution in [0.25, 0.3) is 0 Å². The summed E-state index contributed by atoms with van der Waals surface area (Å²) in [6.07, 6.45) is 4.47. The molecule has 1 saturated heterocycles. The molecule has 0 radical (unpaired) electrons. The van der Waals surface area contributed by atoms with Gasteiger partial charge in [0.15, 0.2) is 0 Å². The van der Waals surface area contributed by atoms with Crippen molar-refractivity contribution >= 4 is 17.6 Å². The first kappa shape index (κ1) is 19.2. The Morgan fingerprint density at radius 1 is 1.16 bits per heavy atom. The average Bonchev–Trinajstić information content (AvgIpc) is 2.63. The number of anilines is 1. The zero-order valence-corrected chi connectivity index (χ0v) is 15.3. The lowest BCUT2D eigenvalue weighted by Crippen LogP contribution is -2.41. The molecular weight excluding hydrogens is 318 g/mol. The van der Waals surface area contributed by atoms with Crippen molar-refractivity contribution < 1.29 is 14.3 Å². The van der Waals surface area contributed by atoms with Gasteiger partial charge in [0.1, 0.15) is 0 Å². The van der Waals surface area contributed by atoms with Crippen LogP contribution >= 0.6 is 0 Å². The minimum atomic E-state index is -0.226. The molecule has 1 aromatic carbocycles. The van der Waals surface area contributed by atoms with Crippen LogP contribution in [0.4, 0.5) is 10.5 Å². The lowest BCUT2D eigenvalue weighted by molar-refractivity contribution is 0.0302. The molecule has 1 heterocycles. The van der Waals surface area contributed by atoms with E-state index in [4.69, 9.17) is 4.74 Å². The Morgan fingerprint density at radius 3 is 2.64 bits per heavy atom. The number of benzene rings is 1. The minimum absolute atomic E-state index is 0.00979. The smallest absolute Gasteiger partial charge is 0.319 e. The van der Waals surface area contributed by atoms with E-state index in [1.165, 1.54) is 12.8 Å². The molecule has 0 aliphatic carbocycles. The predicted octanol–water partition coefficient (Wildman–Crippen LogP) is 3.17. The monoisotopic (exact) mass is 347 g/mol. The van der Waals surface area contributed by atoms with Gasteiger partial charge in [0.2, 0.25) is 0 Å². The molecule has 2 N–H and O–H groups in total. The number of hydrogen-bond donors (Lipinski definition) is 2. The molecule has 0 unspecified atom stereocenters. The number of amides is 3. The molecule has 0 atom stereocenters. The Morgan fingerprint density at radius 2 is 1.92 bits per heavy atom. The van der Waals surface area contributed by atoms with Gasteiger partial charge in [-0.25, -0.2) is 4.79 Å². The van der Waals surface area contributed by atoms with Gasteiger partial charge < -0.3 is 20.3 Å². The lowest BCUT2D eigenvalue weighted by Gasteiger charge is -2.27. The van der Waals surface area contributed by atoms with Crippen LogP contribution in [0.1, 0.15) is 48.5 Å². The summed E-state index contributed by atoms with van der Waals surface area (Å²) < 4.78 is 5.30. The number of rotatable bonds is 7. The third kappa shape index (κ3) is 5.74. The number of unbranched alkanes of at least 4 members (excludes halogenated alkanes) is 3. The van der Waals surface area contributed by atoms with Crippen molar-refractivity contribution in [3.63, 3.8) is 0 Å². The van der Waals surface area contributed by atoms with Crippen molar-refractivity contribution in [2.75, 3.05) is 38.2 Å². The van der Waals surface area contributed by atoms with Gasteiger partial charge in [-0.3, -0.25) is 4.79 Å². The normalized spacial score (nSPS) is 14.2. The molecule has 2 rings (SSSR count). The highest BCUT2D eigenvalue weighted by Crippen LogP contribution is 2.21. The molecule has 6 heteroatoms. The lowest BCUT2D eigenvalue weighted by atomic mass is 10.1. The summed E-state index contributed by atoms with van der Waals surface area (Å²) in [7, 11) is 0. The number of hydrogen-bond acceptors (Lipinski definition) is 3. The van der Waals surface area contributed by atoms with Crippen molar-refractivity contribution in [3.05, 3.63) is 29.3 Å². The molecule has 3 amide bonds. The van der Waals surface area contributed by atoms with Crippen molar-refractivity contribution in [2.45, 2.75) is 39.5 Å². The summed E-state index contributed by atoms with van der Waals surface area (Å²) in [6.45, 7) is 7.05. The summed E-state index contributed by atoms with van der Waals surface area (Å²) in [5.74, 6) is -0.00979. The summed E-state index contributed by atoms with van der Waals surface area (Å²) in [5.41, 5.74) is 2.09. The SMILES string of the molecule is CCCCCCNC(=O)Nc1cccc(C(=O)N2CCOCC2)c1C. The highest BCUT2D eigenvalue weighted by molar-refractivity contribution is 5.99. The van der Waals surface area contributed by atoms with E-state index in [1.54, 1.807) is 17.0 Å². The predicted molar refractivity (Wildman–Crippen MR) is 99.1 cm³/mol. The van der Waals surface area contributed by atoms with E-state index in [0.29, 0.717) is 44.1 Å². The van der Waals surface area contributed by atoms with Crippen LogP contribution in [-0.2, 0) is 4.74 Å². The van der Waals surface area contributed by atoms with E-state index in [-0.39, 0.29) is 11.9 Å². The standard InChI is InChI=1S/C19H29N3O3/c1-3-4-5-6-10-20-19(24)21-17-9-7-8-16(15(17)2)18(23)22-11-13-25-14-12-22/h7-9H,3-6,10-14H2,1-2H3,(H2,20,21,24). The van der Waals surface area contributed by atoms with Gasteiger partial charge in [0, 0.05) is 30.9 Å². The largest absolute Gasteiger partial charge is 0.378 e. The van der Waals surface area contributed by atoms with Crippen LogP contribution in [0.5, 0.6) is 0 Å². The van der Waals surface area contributed by atoms with E-state index >= 15 is 0 Å². The highest BCUT2D eigenvalue weighted by Gasteiger charge is 2.21. The topological polar surface area (TPSA) is 70.7 Å². The Balaban J connectivity index is 1.93. The summed E-state index contributed by atoms with van der Waals surface area (Å²) in [6, 6.07) is 5.20. The molecule has 1 aliphatic heterocycles. The Labute approximate surface area is 149 Å². The van der Waals surface area contributed by atoms with Crippen LogP contribution < -0.4 is 10.6 Å². The quantitative estimate of drug-likeness (QED) is 0.744. The number of nitrogens with zero attached hydrogens (tertiary/aromatic N) is 1. The third-order valence-corrected chi connectivity index (χ3v) is 4.43. The molecule has 0 spiro atoms. The highest BCUT2D eigenvalue weighted by atomic mass is 16.5. The van der Waals surface area contributed by atoms with Crippen LogP contribution in [0.3, 0.4) is 0 Å². The molecular formula is C19H29N3O3. The number of urea groups is 1. The number of nitrogens with one attached hydrogen (secondary N) is 2. The summed E-state index contributed by atoms with van der Waals surface area (Å²) in [5, 5.41) is 5.72.